The van der Waals surface area contributed by atoms with Crippen LogP contribution in [-0.2, 0) is 9.59 Å². The Morgan fingerprint density at radius 3 is 1.21 bits per heavy atom. The average molecular weight is 340 g/mol. The van der Waals surface area contributed by atoms with E-state index in [0.717, 1.165) is 0 Å². The van der Waals surface area contributed by atoms with Crippen LogP contribution in [0.25, 0.3) is 0 Å². The second kappa shape index (κ2) is 6.69. The number of carbonyl (C=O) groups excluding carboxylic acids is 2. The second-order valence-corrected chi connectivity index (χ2v) is 4.79. The van der Waals surface area contributed by atoms with Crippen LogP contribution in [0.4, 0.5) is 28.9 Å². The highest BCUT2D eigenvalue weighted by Gasteiger charge is 2.66. The summed E-state index contributed by atoms with van der Waals surface area (Å²) in [6.45, 7) is 0. The highest BCUT2D eigenvalue weighted by molar-refractivity contribution is 6.05. The molecule has 0 spiro atoms. The highest BCUT2D eigenvalue weighted by Crippen LogP contribution is 2.36. The van der Waals surface area contributed by atoms with Crippen molar-refractivity contribution in [3.05, 3.63) is 60.7 Å². The molecule has 0 aliphatic rings. The zero-order chi connectivity index (χ0) is 17.8. The van der Waals surface area contributed by atoms with Gasteiger partial charge in [-0.15, -0.1) is 0 Å². The fraction of sp³-hybridized carbons (Fsp3) is 0.125. The van der Waals surface area contributed by atoms with Crippen LogP contribution in [0, 0.1) is 0 Å². The van der Waals surface area contributed by atoms with E-state index in [1.165, 1.54) is 48.5 Å². The maximum Gasteiger partial charge on any atom is 0.396 e. The van der Waals surface area contributed by atoms with Crippen molar-refractivity contribution in [1.82, 2.24) is 0 Å². The van der Waals surface area contributed by atoms with Crippen LogP contribution >= 0.6 is 0 Å². The third-order valence-corrected chi connectivity index (χ3v) is 3.03. The van der Waals surface area contributed by atoms with Gasteiger partial charge in [-0.25, -0.2) is 0 Å². The Morgan fingerprint density at radius 1 is 0.625 bits per heavy atom. The van der Waals surface area contributed by atoms with Crippen LogP contribution in [0.3, 0.4) is 0 Å². The standard InChI is InChI=1S/C16H12F4N2O2/c17-15(18,13(23)21-11-7-3-1-4-8-11)16(19,20)14(24)22-12-9-5-2-6-10-12/h1-10H,(H,21,23)(H,22,24). The van der Waals surface area contributed by atoms with Crippen LogP contribution in [0.15, 0.2) is 60.7 Å². The Kier molecular flexibility index (Phi) is 4.87. The Labute approximate surface area is 134 Å². The largest absolute Gasteiger partial charge is 0.396 e. The van der Waals surface area contributed by atoms with Crippen LogP contribution in [0.1, 0.15) is 0 Å². The Bertz CT molecular complexity index is 658. The molecule has 0 saturated carbocycles. The minimum atomic E-state index is -5.23. The minimum absolute atomic E-state index is 0.0959. The molecule has 8 heteroatoms. The van der Waals surface area contributed by atoms with Crippen molar-refractivity contribution in [2.75, 3.05) is 10.6 Å². The predicted molar refractivity (Wildman–Crippen MR) is 80.0 cm³/mol. The van der Waals surface area contributed by atoms with E-state index in [-0.39, 0.29) is 11.4 Å². The minimum Gasteiger partial charge on any atom is -0.321 e. The summed E-state index contributed by atoms with van der Waals surface area (Å²) in [7, 11) is 0. The van der Waals surface area contributed by atoms with Crippen molar-refractivity contribution in [2.45, 2.75) is 11.8 Å². The smallest absolute Gasteiger partial charge is 0.321 e. The number of halogens is 4. The van der Waals surface area contributed by atoms with Gasteiger partial charge in [0.2, 0.25) is 0 Å². The molecule has 0 saturated heterocycles. The maximum atomic E-state index is 13.8. The Morgan fingerprint density at radius 2 is 0.917 bits per heavy atom. The predicted octanol–water partition coefficient (Wildman–Crippen LogP) is 3.53. The summed E-state index contributed by atoms with van der Waals surface area (Å²) in [5.41, 5.74) is -0.192. The number of hydrogen-bond acceptors (Lipinski definition) is 2. The first-order valence-corrected chi connectivity index (χ1v) is 6.74. The molecule has 0 aliphatic heterocycles. The van der Waals surface area contributed by atoms with Crippen LogP contribution < -0.4 is 10.6 Å². The zero-order valence-electron chi connectivity index (χ0n) is 12.1. The molecule has 0 fully saturated rings. The summed E-state index contributed by atoms with van der Waals surface area (Å²) in [5, 5.41) is 3.32. The number of para-hydroxylation sites is 2. The van der Waals surface area contributed by atoms with E-state index in [2.05, 4.69) is 0 Å². The molecular weight excluding hydrogens is 328 g/mol. The highest BCUT2D eigenvalue weighted by atomic mass is 19.3. The first-order valence-electron chi connectivity index (χ1n) is 6.74. The third-order valence-electron chi connectivity index (χ3n) is 3.03. The summed E-state index contributed by atoms with van der Waals surface area (Å²) in [5.74, 6) is -15.0. The molecule has 0 aliphatic carbocycles. The SMILES string of the molecule is O=C(Nc1ccccc1)C(F)(F)C(F)(F)C(=O)Nc1ccccc1. The lowest BCUT2D eigenvalue weighted by atomic mass is 10.1. The molecule has 126 valence electrons. The van der Waals surface area contributed by atoms with E-state index in [1.54, 1.807) is 22.8 Å². The van der Waals surface area contributed by atoms with Gasteiger partial charge in [0.25, 0.3) is 0 Å². The second-order valence-electron chi connectivity index (χ2n) is 4.79. The van der Waals surface area contributed by atoms with Gasteiger partial charge in [-0.2, -0.15) is 17.6 Å². The van der Waals surface area contributed by atoms with Crippen molar-refractivity contribution >= 4 is 23.2 Å². The Balaban J connectivity index is 2.15. The van der Waals surface area contributed by atoms with Crippen molar-refractivity contribution in [1.29, 1.82) is 0 Å². The normalized spacial score (nSPS) is 11.7. The summed E-state index contributed by atoms with van der Waals surface area (Å²) in [6.07, 6.45) is 0. The van der Waals surface area contributed by atoms with Crippen LogP contribution in [-0.4, -0.2) is 23.7 Å². The monoisotopic (exact) mass is 340 g/mol. The topological polar surface area (TPSA) is 58.2 Å². The number of rotatable bonds is 5. The van der Waals surface area contributed by atoms with Gasteiger partial charge < -0.3 is 10.6 Å². The molecule has 4 nitrogen and oxygen atoms in total. The molecule has 0 radical (unpaired) electrons. The molecule has 0 atom stereocenters. The number of hydrogen-bond donors (Lipinski definition) is 2. The fourth-order valence-corrected chi connectivity index (χ4v) is 1.75. The Hall–Kier alpha value is -2.90. The molecule has 0 unspecified atom stereocenters. The van der Waals surface area contributed by atoms with Gasteiger partial charge in [-0.1, -0.05) is 36.4 Å². The first kappa shape index (κ1) is 17.5. The molecule has 0 heterocycles. The lowest BCUT2D eigenvalue weighted by Crippen LogP contribution is -2.56. The van der Waals surface area contributed by atoms with E-state index in [0.29, 0.717) is 0 Å². The summed E-state index contributed by atoms with van der Waals surface area (Å²) in [6, 6.07) is 13.8. The lowest BCUT2D eigenvalue weighted by Gasteiger charge is -2.24. The van der Waals surface area contributed by atoms with Gasteiger partial charge in [0.05, 0.1) is 0 Å². The van der Waals surface area contributed by atoms with Gasteiger partial charge in [-0.3, -0.25) is 9.59 Å². The van der Waals surface area contributed by atoms with Gasteiger partial charge >= 0.3 is 23.7 Å². The zero-order valence-corrected chi connectivity index (χ0v) is 12.1. The van der Waals surface area contributed by atoms with Gasteiger partial charge in [-0.05, 0) is 24.3 Å². The number of benzene rings is 2. The van der Waals surface area contributed by atoms with Gasteiger partial charge in [0, 0.05) is 11.4 Å². The van der Waals surface area contributed by atoms with E-state index in [4.69, 9.17) is 0 Å². The molecular formula is C16H12F4N2O2. The summed E-state index contributed by atoms with van der Waals surface area (Å²) in [4.78, 5) is 23.0. The third kappa shape index (κ3) is 3.53. The summed E-state index contributed by atoms with van der Waals surface area (Å²) < 4.78 is 55.2. The molecule has 2 amide bonds. The number of anilines is 2. The summed E-state index contributed by atoms with van der Waals surface area (Å²) >= 11 is 0. The molecule has 2 N–H and O–H groups in total. The number of nitrogens with one attached hydrogen (secondary N) is 2. The maximum absolute atomic E-state index is 13.8. The number of carbonyl (C=O) groups is 2. The number of alkyl halides is 4. The fourth-order valence-electron chi connectivity index (χ4n) is 1.75. The molecule has 24 heavy (non-hydrogen) atoms. The van der Waals surface area contributed by atoms with Crippen molar-refractivity contribution in [2.24, 2.45) is 0 Å². The van der Waals surface area contributed by atoms with Gasteiger partial charge in [0.1, 0.15) is 0 Å². The molecule has 0 aromatic heterocycles. The van der Waals surface area contributed by atoms with Crippen molar-refractivity contribution in [3.8, 4) is 0 Å². The lowest BCUT2D eigenvalue weighted by molar-refractivity contribution is -0.204. The molecule has 2 rings (SSSR count). The van der Waals surface area contributed by atoms with Crippen LogP contribution in [0.2, 0.25) is 0 Å². The molecule has 0 bridgehead atoms. The average Bonchev–Trinajstić information content (AvgIpc) is 2.56. The first-order chi connectivity index (χ1) is 11.2. The van der Waals surface area contributed by atoms with Gasteiger partial charge in [0.15, 0.2) is 0 Å². The molecule has 2 aromatic rings. The number of amides is 2. The molecule has 2 aromatic carbocycles. The van der Waals surface area contributed by atoms with Crippen molar-refractivity contribution in [3.63, 3.8) is 0 Å². The van der Waals surface area contributed by atoms with E-state index in [1.807, 2.05) is 0 Å². The van der Waals surface area contributed by atoms with E-state index in [9.17, 15) is 27.2 Å². The quantitative estimate of drug-likeness (QED) is 0.818. The van der Waals surface area contributed by atoms with Crippen LogP contribution in [0.5, 0.6) is 0 Å². The van der Waals surface area contributed by atoms with Crippen molar-refractivity contribution < 1.29 is 27.2 Å². The van der Waals surface area contributed by atoms with E-state index >= 15 is 0 Å². The van der Waals surface area contributed by atoms with E-state index < -0.39 is 23.7 Å².